The van der Waals surface area contributed by atoms with Gasteiger partial charge < -0.3 is 15.5 Å². The average Bonchev–Trinajstić information content (AvgIpc) is 2.43. The SMILES string of the molecule is O=C(C=CS(=O)(=O)c1ccccc1)NCC(O)CO. The highest BCUT2D eigenvalue weighted by atomic mass is 32.2. The Morgan fingerprint density at radius 3 is 2.53 bits per heavy atom. The van der Waals surface area contributed by atoms with Gasteiger partial charge in [-0.05, 0) is 12.1 Å². The molecule has 3 N–H and O–H groups in total. The molecule has 1 atom stereocenters. The van der Waals surface area contributed by atoms with Crippen molar-refractivity contribution in [3.05, 3.63) is 41.8 Å². The largest absolute Gasteiger partial charge is 0.394 e. The van der Waals surface area contributed by atoms with Crippen LogP contribution in [0.4, 0.5) is 0 Å². The number of sulfone groups is 1. The predicted molar refractivity (Wildman–Crippen MR) is 68.9 cm³/mol. The molecule has 0 aromatic heterocycles. The normalized spacial score (nSPS) is 13.4. The van der Waals surface area contributed by atoms with E-state index in [1.165, 1.54) is 12.1 Å². The highest BCUT2D eigenvalue weighted by molar-refractivity contribution is 7.94. The molecule has 0 aliphatic carbocycles. The van der Waals surface area contributed by atoms with E-state index in [0.717, 1.165) is 11.5 Å². The van der Waals surface area contributed by atoms with Gasteiger partial charge in [0.15, 0.2) is 9.84 Å². The minimum Gasteiger partial charge on any atom is -0.394 e. The zero-order valence-electron chi connectivity index (χ0n) is 10.1. The van der Waals surface area contributed by atoms with E-state index in [1.807, 2.05) is 0 Å². The van der Waals surface area contributed by atoms with Gasteiger partial charge in [0.1, 0.15) is 0 Å². The zero-order chi connectivity index (χ0) is 14.3. The van der Waals surface area contributed by atoms with E-state index in [-0.39, 0.29) is 11.4 Å². The van der Waals surface area contributed by atoms with Crippen LogP contribution in [-0.4, -0.2) is 43.8 Å². The van der Waals surface area contributed by atoms with Crippen molar-refractivity contribution in [2.24, 2.45) is 0 Å². The summed E-state index contributed by atoms with van der Waals surface area (Å²) in [5, 5.41) is 20.6. The van der Waals surface area contributed by atoms with Crippen LogP contribution < -0.4 is 5.32 Å². The lowest BCUT2D eigenvalue weighted by molar-refractivity contribution is -0.117. The first kappa shape index (κ1) is 15.4. The number of hydrogen-bond acceptors (Lipinski definition) is 5. The third-order valence-electron chi connectivity index (χ3n) is 2.19. The summed E-state index contributed by atoms with van der Waals surface area (Å²) in [5.74, 6) is -0.660. The summed E-state index contributed by atoms with van der Waals surface area (Å²) in [5.41, 5.74) is 0. The van der Waals surface area contributed by atoms with Gasteiger partial charge >= 0.3 is 0 Å². The second kappa shape index (κ2) is 7.03. The number of carbonyl (C=O) groups is 1. The van der Waals surface area contributed by atoms with E-state index in [0.29, 0.717) is 0 Å². The van der Waals surface area contributed by atoms with Crippen LogP contribution >= 0.6 is 0 Å². The van der Waals surface area contributed by atoms with E-state index in [9.17, 15) is 13.2 Å². The van der Waals surface area contributed by atoms with Crippen LogP contribution in [0.5, 0.6) is 0 Å². The summed E-state index contributed by atoms with van der Waals surface area (Å²) >= 11 is 0. The van der Waals surface area contributed by atoms with Crippen molar-refractivity contribution in [3.63, 3.8) is 0 Å². The van der Waals surface area contributed by atoms with Gasteiger partial charge in [0, 0.05) is 18.0 Å². The maximum atomic E-state index is 11.8. The number of hydrogen-bond donors (Lipinski definition) is 3. The molecule has 1 aromatic carbocycles. The van der Waals surface area contributed by atoms with Gasteiger partial charge in [-0.1, -0.05) is 18.2 Å². The van der Waals surface area contributed by atoms with Gasteiger partial charge in [-0.15, -0.1) is 0 Å². The van der Waals surface area contributed by atoms with Gasteiger partial charge in [0.25, 0.3) is 0 Å². The van der Waals surface area contributed by atoms with E-state index in [4.69, 9.17) is 10.2 Å². The van der Waals surface area contributed by atoms with Crippen molar-refractivity contribution < 1.29 is 23.4 Å². The van der Waals surface area contributed by atoms with Gasteiger partial charge in [-0.3, -0.25) is 4.79 Å². The molecule has 1 rings (SSSR count). The van der Waals surface area contributed by atoms with Crippen LogP contribution in [0.3, 0.4) is 0 Å². The Balaban J connectivity index is 2.63. The van der Waals surface area contributed by atoms with Gasteiger partial charge in [0.2, 0.25) is 5.91 Å². The van der Waals surface area contributed by atoms with Crippen LogP contribution in [0.25, 0.3) is 0 Å². The molecule has 0 aliphatic rings. The van der Waals surface area contributed by atoms with E-state index < -0.39 is 28.5 Å². The van der Waals surface area contributed by atoms with Gasteiger partial charge in [0.05, 0.1) is 17.6 Å². The summed E-state index contributed by atoms with van der Waals surface area (Å²) in [4.78, 5) is 11.4. The molecule has 0 heterocycles. The molecule has 0 aliphatic heterocycles. The molecule has 1 unspecified atom stereocenters. The molecule has 0 radical (unpaired) electrons. The molecular weight excluding hydrogens is 270 g/mol. The highest BCUT2D eigenvalue weighted by Crippen LogP contribution is 2.10. The standard InChI is InChI=1S/C12H15NO5S/c14-9-10(15)8-13-12(16)6-7-19(17,18)11-4-2-1-3-5-11/h1-7,10,14-15H,8-9H2,(H,13,16). The van der Waals surface area contributed by atoms with Crippen LogP contribution in [0.15, 0.2) is 46.7 Å². The fraction of sp³-hybridized carbons (Fsp3) is 0.250. The minimum absolute atomic E-state index is 0.0921. The van der Waals surface area contributed by atoms with Crippen molar-refractivity contribution >= 4 is 15.7 Å². The zero-order valence-corrected chi connectivity index (χ0v) is 10.9. The number of aliphatic hydroxyl groups is 2. The van der Waals surface area contributed by atoms with Crippen LogP contribution in [-0.2, 0) is 14.6 Å². The van der Waals surface area contributed by atoms with Gasteiger partial charge in [-0.25, -0.2) is 8.42 Å². The number of benzene rings is 1. The number of amides is 1. The maximum Gasteiger partial charge on any atom is 0.244 e. The number of rotatable bonds is 6. The Morgan fingerprint density at radius 1 is 1.32 bits per heavy atom. The fourth-order valence-corrected chi connectivity index (χ4v) is 2.18. The van der Waals surface area contributed by atoms with Gasteiger partial charge in [-0.2, -0.15) is 0 Å². The molecule has 0 saturated heterocycles. The van der Waals surface area contributed by atoms with Crippen LogP contribution in [0, 0.1) is 0 Å². The fourth-order valence-electron chi connectivity index (χ4n) is 1.18. The van der Waals surface area contributed by atoms with Crippen LogP contribution in [0.1, 0.15) is 0 Å². The molecule has 7 heteroatoms. The van der Waals surface area contributed by atoms with E-state index >= 15 is 0 Å². The molecule has 1 aromatic rings. The minimum atomic E-state index is -3.65. The molecule has 6 nitrogen and oxygen atoms in total. The van der Waals surface area contributed by atoms with Crippen LogP contribution in [0.2, 0.25) is 0 Å². The number of nitrogens with one attached hydrogen (secondary N) is 1. The van der Waals surface area contributed by atoms with Crippen molar-refractivity contribution in [1.29, 1.82) is 0 Å². The first-order chi connectivity index (χ1) is 8.95. The Bertz CT molecular complexity index is 538. The second-order valence-electron chi connectivity index (χ2n) is 3.74. The average molecular weight is 285 g/mol. The Labute approximate surface area is 111 Å². The first-order valence-corrected chi connectivity index (χ1v) is 7.05. The van der Waals surface area contributed by atoms with Crippen molar-refractivity contribution in [1.82, 2.24) is 5.32 Å². The first-order valence-electron chi connectivity index (χ1n) is 5.50. The predicted octanol–water partition coefficient (Wildman–Crippen LogP) is -0.557. The number of aliphatic hydroxyl groups excluding tert-OH is 2. The monoisotopic (exact) mass is 285 g/mol. The second-order valence-corrected chi connectivity index (χ2v) is 5.58. The quantitative estimate of drug-likeness (QED) is 0.608. The lowest BCUT2D eigenvalue weighted by atomic mass is 10.4. The van der Waals surface area contributed by atoms with Crippen molar-refractivity contribution in [2.75, 3.05) is 13.2 Å². The number of carbonyl (C=O) groups excluding carboxylic acids is 1. The molecule has 104 valence electrons. The summed E-state index contributed by atoms with van der Waals surface area (Å²) in [6, 6.07) is 7.70. The Morgan fingerprint density at radius 2 is 1.95 bits per heavy atom. The smallest absolute Gasteiger partial charge is 0.244 e. The molecular formula is C12H15NO5S. The van der Waals surface area contributed by atoms with Crippen molar-refractivity contribution in [2.45, 2.75) is 11.0 Å². The molecule has 1 amide bonds. The summed E-state index contributed by atoms with van der Waals surface area (Å²) in [6.07, 6.45) is -0.199. The Kier molecular flexibility index (Phi) is 5.68. The summed E-state index contributed by atoms with van der Waals surface area (Å²) in [7, 11) is -3.65. The third kappa shape index (κ3) is 5.21. The van der Waals surface area contributed by atoms with Crippen molar-refractivity contribution in [3.8, 4) is 0 Å². The molecule has 0 spiro atoms. The summed E-state index contributed by atoms with van der Waals surface area (Å²) < 4.78 is 23.5. The topological polar surface area (TPSA) is 104 Å². The highest BCUT2D eigenvalue weighted by Gasteiger charge is 2.10. The lowest BCUT2D eigenvalue weighted by Gasteiger charge is -2.06. The molecule has 19 heavy (non-hydrogen) atoms. The summed E-state index contributed by atoms with van der Waals surface area (Å²) in [6.45, 7) is -0.628. The Hall–Kier alpha value is -1.70. The molecule has 0 saturated carbocycles. The van der Waals surface area contributed by atoms with E-state index in [1.54, 1.807) is 18.2 Å². The lowest BCUT2D eigenvalue weighted by Crippen LogP contribution is -2.32. The maximum absolute atomic E-state index is 11.8. The van der Waals surface area contributed by atoms with E-state index in [2.05, 4.69) is 5.32 Å². The molecule has 0 fully saturated rings. The molecule has 0 bridgehead atoms. The third-order valence-corrected chi connectivity index (χ3v) is 3.62.